The van der Waals surface area contributed by atoms with Crippen LogP contribution in [0.1, 0.15) is 19.3 Å². The van der Waals surface area contributed by atoms with E-state index in [1.165, 1.54) is 18.9 Å². The Kier molecular flexibility index (Phi) is 5.94. The molecule has 7 nitrogen and oxygen atoms in total. The second-order valence-electron chi connectivity index (χ2n) is 7.09. The number of benzene rings is 2. The lowest BCUT2D eigenvalue weighted by Gasteiger charge is -2.15. The van der Waals surface area contributed by atoms with Crippen LogP contribution in [0, 0.1) is 0 Å². The number of amides is 2. The Hall–Kier alpha value is -3.00. The number of ether oxygens (including phenoxy) is 2. The lowest BCUT2D eigenvalue weighted by molar-refractivity contribution is -0.128. The van der Waals surface area contributed by atoms with E-state index in [4.69, 9.17) is 9.47 Å². The molecule has 156 valence electrons. The van der Waals surface area contributed by atoms with Crippen molar-refractivity contribution in [1.29, 1.82) is 0 Å². The fourth-order valence-electron chi connectivity index (χ4n) is 3.25. The van der Waals surface area contributed by atoms with E-state index in [2.05, 4.69) is 10.3 Å². The van der Waals surface area contributed by atoms with Crippen molar-refractivity contribution in [2.24, 2.45) is 4.99 Å². The lowest BCUT2D eigenvalue weighted by Crippen LogP contribution is -2.35. The van der Waals surface area contributed by atoms with Crippen LogP contribution in [0.25, 0.3) is 0 Å². The largest absolute Gasteiger partial charge is 0.497 e. The van der Waals surface area contributed by atoms with Crippen LogP contribution < -0.4 is 14.8 Å². The molecule has 4 rings (SSSR count). The summed E-state index contributed by atoms with van der Waals surface area (Å²) >= 11 is 1.36. The molecule has 0 aromatic heterocycles. The lowest BCUT2D eigenvalue weighted by atomic mass is 10.2. The number of carbonyl (C=O) groups excluding carboxylic acids is 2. The first-order valence-corrected chi connectivity index (χ1v) is 10.6. The quantitative estimate of drug-likeness (QED) is 0.729. The van der Waals surface area contributed by atoms with E-state index in [9.17, 15) is 9.59 Å². The number of rotatable bonds is 7. The number of anilines is 1. The molecule has 1 saturated heterocycles. The normalized spacial score (nSPS) is 19.8. The molecule has 8 heteroatoms. The predicted octanol–water partition coefficient (Wildman–Crippen LogP) is 3.83. The maximum absolute atomic E-state index is 13.0. The zero-order valence-corrected chi connectivity index (χ0v) is 17.6. The van der Waals surface area contributed by atoms with Gasteiger partial charge in [0.05, 0.1) is 25.6 Å². The molecule has 2 aromatic carbocycles. The Morgan fingerprint density at radius 2 is 1.93 bits per heavy atom. The smallest absolute Gasteiger partial charge is 0.242 e. The third-order valence-corrected chi connectivity index (χ3v) is 6.06. The number of nitrogens with zero attached hydrogens (tertiary/aromatic N) is 2. The first-order chi connectivity index (χ1) is 14.6. The molecule has 1 heterocycles. The van der Waals surface area contributed by atoms with Gasteiger partial charge in [-0.1, -0.05) is 30.0 Å². The summed E-state index contributed by atoms with van der Waals surface area (Å²) in [4.78, 5) is 32.1. The summed E-state index contributed by atoms with van der Waals surface area (Å²) in [5, 5.41) is 3.03. The number of aliphatic imine (C=N–C) groups is 1. The van der Waals surface area contributed by atoms with E-state index in [0.29, 0.717) is 22.4 Å². The standard InChI is InChI=1S/C22H23N3O4S/c1-28-16-10-11-17(18(12-16)29-2)24-20(26)13-19-21(27)25(15-8-9-15)22(30-19)23-14-6-4-3-5-7-14/h3-7,10-12,15,19H,8-9,13H2,1-2H3,(H,24,26). The maximum Gasteiger partial charge on any atom is 0.242 e. The van der Waals surface area contributed by atoms with Crippen LogP contribution in [0.5, 0.6) is 11.5 Å². The van der Waals surface area contributed by atoms with Crippen LogP contribution in [0.3, 0.4) is 0 Å². The number of methoxy groups -OCH3 is 2. The highest BCUT2D eigenvalue weighted by molar-refractivity contribution is 8.15. The number of amidine groups is 1. The van der Waals surface area contributed by atoms with Gasteiger partial charge in [-0.15, -0.1) is 0 Å². The van der Waals surface area contributed by atoms with Crippen LogP contribution in [-0.4, -0.2) is 47.4 Å². The highest BCUT2D eigenvalue weighted by Gasteiger charge is 2.46. The van der Waals surface area contributed by atoms with Crippen molar-refractivity contribution in [1.82, 2.24) is 4.90 Å². The molecule has 1 N–H and O–H groups in total. The third-order valence-electron chi connectivity index (χ3n) is 4.91. The van der Waals surface area contributed by atoms with Gasteiger partial charge >= 0.3 is 0 Å². The van der Waals surface area contributed by atoms with Gasteiger partial charge in [0.15, 0.2) is 5.17 Å². The first kappa shape index (κ1) is 20.3. The summed E-state index contributed by atoms with van der Waals surface area (Å²) in [6.07, 6.45) is 2.01. The van der Waals surface area contributed by atoms with Crippen molar-refractivity contribution in [2.75, 3.05) is 19.5 Å². The van der Waals surface area contributed by atoms with Crippen molar-refractivity contribution in [3.8, 4) is 11.5 Å². The predicted molar refractivity (Wildman–Crippen MR) is 118 cm³/mol. The number of hydrogen-bond donors (Lipinski definition) is 1. The molecule has 2 aromatic rings. The van der Waals surface area contributed by atoms with E-state index < -0.39 is 5.25 Å². The summed E-state index contributed by atoms with van der Waals surface area (Å²) in [7, 11) is 3.09. The molecule has 0 radical (unpaired) electrons. The van der Waals surface area contributed by atoms with E-state index in [-0.39, 0.29) is 24.3 Å². The van der Waals surface area contributed by atoms with Gasteiger partial charge in [0.25, 0.3) is 0 Å². The minimum absolute atomic E-state index is 0.0472. The maximum atomic E-state index is 13.0. The number of para-hydroxylation sites is 1. The minimum atomic E-state index is -0.489. The van der Waals surface area contributed by atoms with Crippen LogP contribution in [0.4, 0.5) is 11.4 Å². The van der Waals surface area contributed by atoms with Gasteiger partial charge in [0, 0.05) is 18.5 Å². The number of carbonyl (C=O) groups is 2. The van der Waals surface area contributed by atoms with Gasteiger partial charge in [-0.2, -0.15) is 0 Å². The van der Waals surface area contributed by atoms with Crippen LogP contribution in [0.15, 0.2) is 53.5 Å². The SMILES string of the molecule is COc1ccc(NC(=O)CC2SC(=Nc3ccccc3)N(C3CC3)C2=O)c(OC)c1. The summed E-state index contributed by atoms with van der Waals surface area (Å²) in [6, 6.07) is 14.9. The highest BCUT2D eigenvalue weighted by Crippen LogP contribution is 2.39. The van der Waals surface area contributed by atoms with Crippen LogP contribution in [0.2, 0.25) is 0 Å². The first-order valence-electron chi connectivity index (χ1n) is 9.74. The minimum Gasteiger partial charge on any atom is -0.497 e. The molecule has 2 amide bonds. The highest BCUT2D eigenvalue weighted by atomic mass is 32.2. The van der Waals surface area contributed by atoms with Crippen molar-refractivity contribution in [3.63, 3.8) is 0 Å². The van der Waals surface area contributed by atoms with Gasteiger partial charge < -0.3 is 14.8 Å². The molecule has 1 atom stereocenters. The van der Waals surface area contributed by atoms with Crippen molar-refractivity contribution in [2.45, 2.75) is 30.6 Å². The van der Waals surface area contributed by atoms with Crippen molar-refractivity contribution < 1.29 is 19.1 Å². The molecular weight excluding hydrogens is 402 g/mol. The molecular formula is C22H23N3O4S. The van der Waals surface area contributed by atoms with Crippen LogP contribution >= 0.6 is 11.8 Å². The van der Waals surface area contributed by atoms with E-state index in [1.807, 2.05) is 30.3 Å². The second-order valence-corrected chi connectivity index (χ2v) is 8.26. The molecule has 0 bridgehead atoms. The fraction of sp³-hybridized carbons (Fsp3) is 0.318. The van der Waals surface area contributed by atoms with Gasteiger partial charge in [-0.3, -0.25) is 14.5 Å². The topological polar surface area (TPSA) is 80.2 Å². The van der Waals surface area contributed by atoms with Gasteiger partial charge in [0.2, 0.25) is 11.8 Å². The molecule has 1 saturated carbocycles. The Morgan fingerprint density at radius 3 is 2.60 bits per heavy atom. The molecule has 1 aliphatic heterocycles. The number of nitrogens with one attached hydrogen (secondary N) is 1. The zero-order chi connectivity index (χ0) is 21.1. The van der Waals surface area contributed by atoms with Crippen molar-refractivity contribution in [3.05, 3.63) is 48.5 Å². The van der Waals surface area contributed by atoms with E-state index in [1.54, 1.807) is 30.2 Å². The van der Waals surface area contributed by atoms with Gasteiger partial charge in [-0.25, -0.2) is 4.99 Å². The fourth-order valence-corrected chi connectivity index (χ4v) is 4.46. The summed E-state index contributed by atoms with van der Waals surface area (Å²) in [5.41, 5.74) is 1.34. The van der Waals surface area contributed by atoms with Gasteiger partial charge in [-0.05, 0) is 37.1 Å². The monoisotopic (exact) mass is 425 g/mol. The molecule has 1 aliphatic carbocycles. The average Bonchev–Trinajstić information content (AvgIpc) is 3.54. The van der Waals surface area contributed by atoms with E-state index >= 15 is 0 Å². The zero-order valence-electron chi connectivity index (χ0n) is 16.8. The van der Waals surface area contributed by atoms with Crippen LogP contribution in [-0.2, 0) is 9.59 Å². The Labute approximate surface area is 179 Å². The molecule has 30 heavy (non-hydrogen) atoms. The Balaban J connectivity index is 1.47. The Bertz CT molecular complexity index is 976. The molecule has 0 spiro atoms. The second kappa shape index (κ2) is 8.79. The molecule has 1 unspecified atom stereocenters. The number of thioether (sulfide) groups is 1. The van der Waals surface area contributed by atoms with E-state index in [0.717, 1.165) is 18.5 Å². The average molecular weight is 426 g/mol. The molecule has 2 aliphatic rings. The number of hydrogen-bond acceptors (Lipinski definition) is 6. The molecule has 2 fully saturated rings. The van der Waals surface area contributed by atoms with Gasteiger partial charge in [0.1, 0.15) is 16.7 Å². The Morgan fingerprint density at radius 1 is 1.17 bits per heavy atom. The summed E-state index contributed by atoms with van der Waals surface area (Å²) in [6.45, 7) is 0. The van der Waals surface area contributed by atoms with Crippen molar-refractivity contribution >= 4 is 40.1 Å². The third kappa shape index (κ3) is 4.43. The summed E-state index contributed by atoms with van der Waals surface area (Å²) < 4.78 is 10.5. The summed E-state index contributed by atoms with van der Waals surface area (Å²) in [5.74, 6) is 0.835.